The molecule has 0 aliphatic carbocycles. The fourth-order valence-corrected chi connectivity index (χ4v) is 3.44. The Kier molecular flexibility index (Phi) is 4.58. The lowest BCUT2D eigenvalue weighted by Gasteiger charge is -2.12. The van der Waals surface area contributed by atoms with Crippen LogP contribution in [-0.2, 0) is 11.2 Å². The maximum atomic E-state index is 13.8. The summed E-state index contributed by atoms with van der Waals surface area (Å²) in [5, 5.41) is 13.8. The molecule has 2 heterocycles. The van der Waals surface area contributed by atoms with Crippen LogP contribution in [0.15, 0.2) is 35.8 Å². The molecule has 0 spiro atoms. The van der Waals surface area contributed by atoms with Gasteiger partial charge in [0, 0.05) is 29.3 Å². The van der Waals surface area contributed by atoms with Gasteiger partial charge in [0.15, 0.2) is 4.96 Å². The van der Waals surface area contributed by atoms with Gasteiger partial charge >= 0.3 is 0 Å². The first-order valence-corrected chi connectivity index (χ1v) is 8.32. The van der Waals surface area contributed by atoms with Crippen LogP contribution in [-0.4, -0.2) is 15.3 Å². The van der Waals surface area contributed by atoms with E-state index in [-0.39, 0.29) is 17.9 Å². The van der Waals surface area contributed by atoms with Crippen molar-refractivity contribution in [1.29, 1.82) is 5.26 Å². The van der Waals surface area contributed by atoms with Gasteiger partial charge in [-0.3, -0.25) is 9.20 Å². The molecule has 24 heavy (non-hydrogen) atoms. The average molecular weight is 342 g/mol. The van der Waals surface area contributed by atoms with Crippen LogP contribution in [0.3, 0.4) is 0 Å². The lowest BCUT2D eigenvalue weighted by atomic mass is 10.1. The molecule has 0 bridgehead atoms. The van der Waals surface area contributed by atoms with Gasteiger partial charge in [-0.2, -0.15) is 5.26 Å². The van der Waals surface area contributed by atoms with Gasteiger partial charge < -0.3 is 5.32 Å². The number of imidazole rings is 1. The molecule has 122 valence electrons. The highest BCUT2D eigenvalue weighted by molar-refractivity contribution is 7.15. The average Bonchev–Trinajstić information content (AvgIpc) is 3.10. The van der Waals surface area contributed by atoms with Crippen molar-refractivity contribution < 1.29 is 9.18 Å². The number of nitrogens with one attached hydrogen (secondary N) is 1. The molecule has 0 fully saturated rings. The third-order valence-electron chi connectivity index (χ3n) is 3.66. The topological polar surface area (TPSA) is 70.2 Å². The van der Waals surface area contributed by atoms with E-state index in [1.165, 1.54) is 23.5 Å². The number of carbonyl (C=O) groups is 1. The van der Waals surface area contributed by atoms with Gasteiger partial charge in [0.2, 0.25) is 5.91 Å². The van der Waals surface area contributed by atoms with E-state index in [4.69, 9.17) is 0 Å². The van der Waals surface area contributed by atoms with Gasteiger partial charge in [-0.15, -0.1) is 11.3 Å². The molecule has 1 atom stereocenters. The maximum absolute atomic E-state index is 13.8. The van der Waals surface area contributed by atoms with Gasteiger partial charge in [-0.1, -0.05) is 18.2 Å². The van der Waals surface area contributed by atoms with Crippen molar-refractivity contribution >= 4 is 22.2 Å². The summed E-state index contributed by atoms with van der Waals surface area (Å²) in [5.41, 5.74) is 2.10. The first-order chi connectivity index (χ1) is 11.6. The van der Waals surface area contributed by atoms with E-state index in [2.05, 4.69) is 10.3 Å². The minimum absolute atomic E-state index is 0.177. The minimum Gasteiger partial charge on any atom is -0.337 e. The largest absolute Gasteiger partial charge is 0.337 e. The lowest BCUT2D eigenvalue weighted by molar-refractivity contribution is -0.121. The van der Waals surface area contributed by atoms with Crippen molar-refractivity contribution in [3.8, 4) is 6.07 Å². The standard InChI is InChI=1S/C17H15FN4OS/c1-11-9-22-12(10-24-17(22)20-11)6-7-16(23)21-15(8-19)13-4-2-3-5-14(13)18/h2-5,9-10,15H,6-7H2,1H3,(H,21,23). The SMILES string of the molecule is Cc1cn2c(CCC(=O)NC(C#N)c3ccccc3F)csc2n1. The molecule has 1 unspecified atom stereocenters. The van der Waals surface area contributed by atoms with E-state index in [0.29, 0.717) is 6.42 Å². The van der Waals surface area contributed by atoms with Crippen molar-refractivity contribution in [1.82, 2.24) is 14.7 Å². The Balaban J connectivity index is 1.65. The highest BCUT2D eigenvalue weighted by Crippen LogP contribution is 2.19. The number of aryl methyl sites for hydroxylation is 2. The predicted molar refractivity (Wildman–Crippen MR) is 89.0 cm³/mol. The van der Waals surface area contributed by atoms with E-state index < -0.39 is 11.9 Å². The highest BCUT2D eigenvalue weighted by Gasteiger charge is 2.17. The maximum Gasteiger partial charge on any atom is 0.221 e. The second kappa shape index (κ2) is 6.81. The van der Waals surface area contributed by atoms with E-state index in [1.54, 1.807) is 12.1 Å². The Morgan fingerprint density at radius 1 is 1.50 bits per heavy atom. The first-order valence-electron chi connectivity index (χ1n) is 7.44. The van der Waals surface area contributed by atoms with Crippen LogP contribution in [0.2, 0.25) is 0 Å². The summed E-state index contributed by atoms with van der Waals surface area (Å²) in [5.74, 6) is -0.793. The van der Waals surface area contributed by atoms with Crippen LogP contribution >= 0.6 is 11.3 Å². The number of aromatic nitrogens is 2. The van der Waals surface area contributed by atoms with Crippen LogP contribution < -0.4 is 5.32 Å². The number of amides is 1. The Hall–Kier alpha value is -2.72. The van der Waals surface area contributed by atoms with Crippen molar-refractivity contribution in [2.24, 2.45) is 0 Å². The molecular formula is C17H15FN4OS. The molecule has 5 nitrogen and oxygen atoms in total. The number of fused-ring (bicyclic) bond motifs is 1. The molecule has 1 N–H and O–H groups in total. The molecule has 1 aromatic carbocycles. The molecule has 2 aromatic heterocycles. The number of nitrogens with zero attached hydrogens (tertiary/aromatic N) is 3. The summed E-state index contributed by atoms with van der Waals surface area (Å²) in [6.45, 7) is 1.92. The zero-order chi connectivity index (χ0) is 17.1. The lowest BCUT2D eigenvalue weighted by Crippen LogP contribution is -2.28. The summed E-state index contributed by atoms with van der Waals surface area (Å²) >= 11 is 1.52. The van der Waals surface area contributed by atoms with Gasteiger partial charge in [-0.25, -0.2) is 9.37 Å². The Morgan fingerprint density at radius 2 is 2.29 bits per heavy atom. The van der Waals surface area contributed by atoms with Crippen LogP contribution in [0.1, 0.15) is 29.4 Å². The van der Waals surface area contributed by atoms with E-state index >= 15 is 0 Å². The summed E-state index contributed by atoms with van der Waals surface area (Å²) < 4.78 is 15.7. The highest BCUT2D eigenvalue weighted by atomic mass is 32.1. The molecule has 0 aliphatic rings. The Bertz CT molecular complexity index is 924. The Morgan fingerprint density at radius 3 is 3.04 bits per heavy atom. The molecule has 3 rings (SSSR count). The fourth-order valence-electron chi connectivity index (χ4n) is 2.48. The molecule has 0 radical (unpaired) electrons. The van der Waals surface area contributed by atoms with E-state index in [0.717, 1.165) is 16.3 Å². The summed E-state index contributed by atoms with van der Waals surface area (Å²) in [6.07, 6.45) is 2.67. The van der Waals surface area contributed by atoms with Gasteiger partial charge in [0.25, 0.3) is 0 Å². The zero-order valence-corrected chi connectivity index (χ0v) is 13.8. The molecule has 0 saturated heterocycles. The normalized spacial score (nSPS) is 12.0. The monoisotopic (exact) mass is 342 g/mol. The molecule has 3 aromatic rings. The van der Waals surface area contributed by atoms with Crippen LogP contribution in [0, 0.1) is 24.1 Å². The molecule has 7 heteroatoms. The smallest absolute Gasteiger partial charge is 0.221 e. The second-order valence-electron chi connectivity index (χ2n) is 5.41. The predicted octanol–water partition coefficient (Wildman–Crippen LogP) is 3.16. The number of halogens is 1. The minimum atomic E-state index is -0.989. The van der Waals surface area contributed by atoms with E-state index in [9.17, 15) is 14.4 Å². The van der Waals surface area contributed by atoms with Gasteiger partial charge in [0.1, 0.15) is 11.9 Å². The second-order valence-corrected chi connectivity index (χ2v) is 6.25. The van der Waals surface area contributed by atoms with Crippen molar-refractivity contribution in [3.63, 3.8) is 0 Å². The third kappa shape index (κ3) is 3.29. The number of rotatable bonds is 5. The Labute approximate surface area is 142 Å². The first kappa shape index (κ1) is 16.1. The zero-order valence-electron chi connectivity index (χ0n) is 13.0. The number of nitriles is 1. The van der Waals surface area contributed by atoms with Gasteiger partial charge in [-0.05, 0) is 19.4 Å². The van der Waals surface area contributed by atoms with E-state index in [1.807, 2.05) is 29.0 Å². The van der Waals surface area contributed by atoms with Crippen molar-refractivity contribution in [2.45, 2.75) is 25.8 Å². The van der Waals surface area contributed by atoms with Gasteiger partial charge in [0.05, 0.1) is 11.8 Å². The summed E-state index contributed by atoms with van der Waals surface area (Å²) in [4.78, 5) is 17.4. The number of thiazole rings is 1. The van der Waals surface area contributed by atoms with Crippen molar-refractivity contribution in [2.75, 3.05) is 0 Å². The molecular weight excluding hydrogens is 327 g/mol. The summed E-state index contributed by atoms with van der Waals surface area (Å²) in [7, 11) is 0. The van der Waals surface area contributed by atoms with Crippen LogP contribution in [0.5, 0.6) is 0 Å². The van der Waals surface area contributed by atoms with Crippen molar-refractivity contribution in [3.05, 3.63) is 58.6 Å². The number of hydrogen-bond acceptors (Lipinski definition) is 4. The number of benzene rings is 1. The quantitative estimate of drug-likeness (QED) is 0.774. The molecule has 1 amide bonds. The fraction of sp³-hybridized carbons (Fsp3) is 0.235. The third-order valence-corrected chi connectivity index (χ3v) is 4.55. The summed E-state index contributed by atoms with van der Waals surface area (Å²) in [6, 6.07) is 6.90. The molecule has 0 aliphatic heterocycles. The van der Waals surface area contributed by atoms with Crippen LogP contribution in [0.4, 0.5) is 4.39 Å². The van der Waals surface area contributed by atoms with Crippen LogP contribution in [0.25, 0.3) is 4.96 Å². The number of carbonyl (C=O) groups excluding carboxylic acids is 1. The molecule has 0 saturated carbocycles. The number of hydrogen-bond donors (Lipinski definition) is 1.